The Bertz CT molecular complexity index is 794. The average molecular weight is 305 g/mol. The molecule has 0 atom stereocenters. The fourth-order valence-corrected chi connectivity index (χ4v) is 2.95. The van der Waals surface area contributed by atoms with E-state index in [4.69, 9.17) is 0 Å². The smallest absolute Gasteiger partial charge is 0.180 e. The summed E-state index contributed by atoms with van der Waals surface area (Å²) in [5.74, 6) is 0.821. The van der Waals surface area contributed by atoms with Gasteiger partial charge < -0.3 is 10.2 Å². The monoisotopic (exact) mass is 305 g/mol. The van der Waals surface area contributed by atoms with Gasteiger partial charge in [0, 0.05) is 37.7 Å². The van der Waals surface area contributed by atoms with Crippen molar-refractivity contribution in [3.8, 4) is 0 Å². The van der Waals surface area contributed by atoms with Gasteiger partial charge in [-0.1, -0.05) is 12.1 Å². The average Bonchev–Trinajstić information content (AvgIpc) is 3.15. The quantitative estimate of drug-likeness (QED) is 0.802. The van der Waals surface area contributed by atoms with Gasteiger partial charge in [0.2, 0.25) is 0 Å². The first-order chi connectivity index (χ1) is 11.4. The van der Waals surface area contributed by atoms with E-state index in [-0.39, 0.29) is 0 Å². The van der Waals surface area contributed by atoms with E-state index >= 15 is 0 Å². The van der Waals surface area contributed by atoms with E-state index in [0.717, 1.165) is 17.9 Å². The normalized spacial score (nSPS) is 14.3. The Morgan fingerprint density at radius 3 is 2.52 bits per heavy atom. The van der Waals surface area contributed by atoms with Crippen LogP contribution in [-0.2, 0) is 6.54 Å². The Hall–Kier alpha value is -2.69. The molecule has 116 valence electrons. The van der Waals surface area contributed by atoms with Gasteiger partial charge in [-0.05, 0) is 42.7 Å². The Kier molecular flexibility index (Phi) is 3.76. The minimum absolute atomic E-state index is 0.668. The maximum atomic E-state index is 4.48. The van der Waals surface area contributed by atoms with Crippen molar-refractivity contribution < 1.29 is 0 Å². The van der Waals surface area contributed by atoms with Gasteiger partial charge in [-0.15, -0.1) is 0 Å². The molecule has 0 spiro atoms. The van der Waals surface area contributed by atoms with E-state index in [1.165, 1.54) is 37.2 Å². The van der Waals surface area contributed by atoms with E-state index in [0.29, 0.717) is 5.65 Å². The molecule has 5 heteroatoms. The summed E-state index contributed by atoms with van der Waals surface area (Å²) in [6.07, 6.45) is 5.95. The van der Waals surface area contributed by atoms with Gasteiger partial charge in [-0.3, -0.25) is 4.98 Å². The summed E-state index contributed by atoms with van der Waals surface area (Å²) in [7, 11) is 0. The summed E-state index contributed by atoms with van der Waals surface area (Å²) < 4.78 is 0. The van der Waals surface area contributed by atoms with Crippen LogP contribution in [0.2, 0.25) is 0 Å². The minimum atomic E-state index is 0.668. The Balaban J connectivity index is 1.43. The lowest BCUT2D eigenvalue weighted by Gasteiger charge is -2.17. The van der Waals surface area contributed by atoms with Gasteiger partial charge >= 0.3 is 0 Å². The molecular weight excluding hydrogens is 286 g/mol. The van der Waals surface area contributed by atoms with Crippen LogP contribution in [0, 0.1) is 0 Å². The Morgan fingerprint density at radius 1 is 0.913 bits per heavy atom. The van der Waals surface area contributed by atoms with Crippen LogP contribution in [0.15, 0.2) is 48.8 Å². The maximum Gasteiger partial charge on any atom is 0.180 e. The van der Waals surface area contributed by atoms with E-state index in [2.05, 4.69) is 49.4 Å². The summed E-state index contributed by atoms with van der Waals surface area (Å²) in [5, 5.41) is 3.35. The molecule has 1 fully saturated rings. The fraction of sp³-hybridized carbons (Fsp3) is 0.278. The third-order valence-electron chi connectivity index (χ3n) is 4.21. The number of fused-ring (bicyclic) bond motifs is 1. The van der Waals surface area contributed by atoms with Crippen molar-refractivity contribution in [2.24, 2.45) is 0 Å². The molecule has 0 radical (unpaired) electrons. The molecule has 1 N–H and O–H groups in total. The van der Waals surface area contributed by atoms with Gasteiger partial charge in [0.25, 0.3) is 0 Å². The first-order valence-corrected chi connectivity index (χ1v) is 8.04. The van der Waals surface area contributed by atoms with Crippen molar-refractivity contribution in [2.75, 3.05) is 23.3 Å². The highest BCUT2D eigenvalue weighted by Crippen LogP contribution is 2.20. The highest BCUT2D eigenvalue weighted by molar-refractivity contribution is 5.71. The predicted molar refractivity (Wildman–Crippen MR) is 92.5 cm³/mol. The van der Waals surface area contributed by atoms with E-state index < -0.39 is 0 Å². The minimum Gasteiger partial charge on any atom is -0.372 e. The van der Waals surface area contributed by atoms with Crippen LogP contribution >= 0.6 is 0 Å². The number of benzene rings is 1. The van der Waals surface area contributed by atoms with E-state index in [1.807, 2.05) is 12.1 Å². The van der Waals surface area contributed by atoms with E-state index in [9.17, 15) is 0 Å². The first-order valence-electron chi connectivity index (χ1n) is 8.04. The zero-order valence-electron chi connectivity index (χ0n) is 12.9. The molecule has 1 aromatic carbocycles. The van der Waals surface area contributed by atoms with Crippen LogP contribution in [-0.4, -0.2) is 28.0 Å². The number of hydrogen-bond acceptors (Lipinski definition) is 5. The molecule has 5 nitrogen and oxygen atoms in total. The zero-order chi connectivity index (χ0) is 15.5. The van der Waals surface area contributed by atoms with Crippen molar-refractivity contribution in [2.45, 2.75) is 19.4 Å². The number of anilines is 2. The van der Waals surface area contributed by atoms with Crippen molar-refractivity contribution >= 4 is 22.7 Å². The number of aromatic nitrogens is 3. The Labute approximate surface area is 135 Å². The standard InChI is InChI=1S/C18H19N5/c1-2-12-23(11-1)15-5-3-14(4-6-15)13-21-17-8-7-16-18(22-17)20-10-9-19-16/h3-10H,1-2,11-13H2,(H,20,21,22). The lowest BCUT2D eigenvalue weighted by Crippen LogP contribution is -2.17. The zero-order valence-corrected chi connectivity index (χ0v) is 12.9. The van der Waals surface area contributed by atoms with Crippen LogP contribution in [0.5, 0.6) is 0 Å². The molecule has 0 bridgehead atoms. The van der Waals surface area contributed by atoms with Crippen molar-refractivity contribution in [3.05, 3.63) is 54.4 Å². The predicted octanol–water partition coefficient (Wildman–Crippen LogP) is 3.24. The summed E-state index contributed by atoms with van der Waals surface area (Å²) in [5.41, 5.74) is 4.05. The third kappa shape index (κ3) is 3.08. The molecule has 2 aromatic heterocycles. The molecule has 3 heterocycles. The third-order valence-corrected chi connectivity index (χ3v) is 4.21. The highest BCUT2D eigenvalue weighted by atomic mass is 15.1. The lowest BCUT2D eigenvalue weighted by atomic mass is 10.2. The summed E-state index contributed by atoms with van der Waals surface area (Å²) in [4.78, 5) is 15.4. The highest BCUT2D eigenvalue weighted by Gasteiger charge is 2.11. The number of pyridine rings is 1. The number of nitrogens with one attached hydrogen (secondary N) is 1. The number of nitrogens with zero attached hydrogens (tertiary/aromatic N) is 4. The summed E-state index contributed by atoms with van der Waals surface area (Å²) >= 11 is 0. The molecule has 0 amide bonds. The molecule has 1 saturated heterocycles. The van der Waals surface area contributed by atoms with Crippen LogP contribution in [0.25, 0.3) is 11.2 Å². The van der Waals surface area contributed by atoms with Gasteiger partial charge in [0.05, 0.1) is 0 Å². The molecule has 23 heavy (non-hydrogen) atoms. The van der Waals surface area contributed by atoms with Crippen LogP contribution in [0.4, 0.5) is 11.5 Å². The van der Waals surface area contributed by atoms with Crippen LogP contribution < -0.4 is 10.2 Å². The van der Waals surface area contributed by atoms with Crippen molar-refractivity contribution in [1.82, 2.24) is 15.0 Å². The van der Waals surface area contributed by atoms with Crippen LogP contribution in [0.1, 0.15) is 18.4 Å². The molecule has 1 aliphatic rings. The molecule has 1 aliphatic heterocycles. The van der Waals surface area contributed by atoms with Crippen molar-refractivity contribution in [3.63, 3.8) is 0 Å². The Morgan fingerprint density at radius 2 is 1.70 bits per heavy atom. The first kappa shape index (κ1) is 13.9. The SMILES string of the molecule is c1cnc2nc(NCc3ccc(N4CCCC4)cc3)ccc2n1. The molecule has 4 rings (SSSR count). The fourth-order valence-electron chi connectivity index (χ4n) is 2.95. The molecule has 0 saturated carbocycles. The summed E-state index contributed by atoms with van der Waals surface area (Å²) in [6.45, 7) is 3.11. The van der Waals surface area contributed by atoms with Crippen molar-refractivity contribution in [1.29, 1.82) is 0 Å². The largest absolute Gasteiger partial charge is 0.372 e. The molecular formula is C18H19N5. The second-order valence-electron chi connectivity index (χ2n) is 5.81. The van der Waals surface area contributed by atoms with Gasteiger partial charge in [-0.25, -0.2) is 9.97 Å². The number of hydrogen-bond donors (Lipinski definition) is 1. The number of rotatable bonds is 4. The van der Waals surface area contributed by atoms with Gasteiger partial charge in [0.1, 0.15) is 11.3 Å². The van der Waals surface area contributed by atoms with Crippen LogP contribution in [0.3, 0.4) is 0 Å². The van der Waals surface area contributed by atoms with Gasteiger partial charge in [0.15, 0.2) is 5.65 Å². The summed E-state index contributed by atoms with van der Waals surface area (Å²) in [6, 6.07) is 12.7. The lowest BCUT2D eigenvalue weighted by molar-refractivity contribution is 0.949. The van der Waals surface area contributed by atoms with E-state index in [1.54, 1.807) is 12.4 Å². The molecule has 0 unspecified atom stereocenters. The molecule has 3 aromatic rings. The second kappa shape index (κ2) is 6.20. The molecule has 0 aliphatic carbocycles. The topological polar surface area (TPSA) is 53.9 Å². The maximum absolute atomic E-state index is 4.48. The van der Waals surface area contributed by atoms with Gasteiger partial charge in [-0.2, -0.15) is 0 Å². The second-order valence-corrected chi connectivity index (χ2v) is 5.81.